The quantitative estimate of drug-likeness (QED) is 0.719. The van der Waals surface area contributed by atoms with Gasteiger partial charge in [0.2, 0.25) is 5.91 Å². The number of esters is 1. The summed E-state index contributed by atoms with van der Waals surface area (Å²) in [5, 5.41) is 5.05. The first-order valence-corrected chi connectivity index (χ1v) is 11.8. The molecule has 0 unspecified atom stereocenters. The highest BCUT2D eigenvalue weighted by Gasteiger charge is 2.30. The van der Waals surface area contributed by atoms with Crippen LogP contribution in [-0.2, 0) is 19.4 Å². The lowest BCUT2D eigenvalue weighted by Gasteiger charge is -2.10. The molecule has 1 aromatic carbocycles. The number of hydrogen-bond acceptors (Lipinski definition) is 6. The molecule has 2 heterocycles. The van der Waals surface area contributed by atoms with Crippen molar-refractivity contribution in [2.75, 3.05) is 23.4 Å². The number of thiophene rings is 1. The summed E-state index contributed by atoms with van der Waals surface area (Å²) < 4.78 is 28.4. The van der Waals surface area contributed by atoms with Crippen LogP contribution in [0.4, 0.5) is 5.00 Å². The lowest BCUT2D eigenvalue weighted by molar-refractivity contribution is -0.116. The minimum atomic E-state index is -3.03. The van der Waals surface area contributed by atoms with Crippen molar-refractivity contribution in [1.29, 1.82) is 0 Å². The van der Waals surface area contributed by atoms with E-state index in [1.54, 1.807) is 6.92 Å². The number of carbonyl (C=O) groups is 2. The van der Waals surface area contributed by atoms with Gasteiger partial charge < -0.3 is 10.1 Å². The van der Waals surface area contributed by atoms with E-state index in [2.05, 4.69) is 5.32 Å². The van der Waals surface area contributed by atoms with Gasteiger partial charge in [-0.2, -0.15) is 0 Å². The SMILES string of the molecule is CCOC(=O)c1c(-c2ccc(C)cc2)csc1NC(=O)C[C@@H]1CCS(=O)(=O)C1. The van der Waals surface area contributed by atoms with E-state index < -0.39 is 15.8 Å². The normalized spacial score (nSPS) is 18.0. The highest BCUT2D eigenvalue weighted by molar-refractivity contribution is 7.91. The molecule has 0 bridgehead atoms. The minimum absolute atomic E-state index is 0.0458. The predicted molar refractivity (Wildman–Crippen MR) is 110 cm³/mol. The molecular weight excluding hydrogens is 398 g/mol. The van der Waals surface area contributed by atoms with Crippen molar-refractivity contribution in [1.82, 2.24) is 0 Å². The van der Waals surface area contributed by atoms with E-state index in [4.69, 9.17) is 4.74 Å². The third kappa shape index (κ3) is 4.80. The summed E-state index contributed by atoms with van der Waals surface area (Å²) in [5.74, 6) is -0.768. The van der Waals surface area contributed by atoms with Crippen molar-refractivity contribution in [3.8, 4) is 11.1 Å². The van der Waals surface area contributed by atoms with Crippen LogP contribution >= 0.6 is 11.3 Å². The first-order valence-electron chi connectivity index (χ1n) is 9.15. The van der Waals surface area contributed by atoms with Gasteiger partial charge in [0.1, 0.15) is 10.6 Å². The van der Waals surface area contributed by atoms with Crippen LogP contribution in [0.25, 0.3) is 11.1 Å². The highest BCUT2D eigenvalue weighted by atomic mass is 32.2. The average Bonchev–Trinajstić information content (AvgIpc) is 3.18. The molecule has 1 aliphatic heterocycles. The Kier molecular flexibility index (Phi) is 6.20. The van der Waals surface area contributed by atoms with Crippen molar-refractivity contribution < 1.29 is 22.7 Å². The lowest BCUT2D eigenvalue weighted by Crippen LogP contribution is -2.18. The summed E-state index contributed by atoms with van der Waals surface area (Å²) in [6, 6.07) is 7.77. The topological polar surface area (TPSA) is 89.5 Å². The number of sulfone groups is 1. The molecule has 0 aliphatic carbocycles. The second-order valence-electron chi connectivity index (χ2n) is 6.96. The third-order valence-corrected chi connectivity index (χ3v) is 7.42. The summed E-state index contributed by atoms with van der Waals surface area (Å²) in [6.45, 7) is 3.95. The van der Waals surface area contributed by atoms with Crippen LogP contribution in [0.15, 0.2) is 29.6 Å². The molecule has 1 aromatic heterocycles. The monoisotopic (exact) mass is 421 g/mol. The van der Waals surface area contributed by atoms with Crippen molar-refractivity contribution in [2.45, 2.75) is 26.7 Å². The number of aryl methyl sites for hydroxylation is 1. The number of carbonyl (C=O) groups excluding carboxylic acids is 2. The molecule has 2 aromatic rings. The zero-order chi connectivity index (χ0) is 20.3. The fraction of sp³-hybridized carbons (Fsp3) is 0.400. The maximum atomic E-state index is 12.6. The molecule has 0 radical (unpaired) electrons. The van der Waals surface area contributed by atoms with E-state index in [1.165, 1.54) is 11.3 Å². The lowest BCUT2D eigenvalue weighted by atomic mass is 10.0. The van der Waals surface area contributed by atoms with Gasteiger partial charge in [0.15, 0.2) is 9.84 Å². The van der Waals surface area contributed by atoms with E-state index in [9.17, 15) is 18.0 Å². The zero-order valence-electron chi connectivity index (χ0n) is 15.9. The molecule has 150 valence electrons. The van der Waals surface area contributed by atoms with Crippen LogP contribution in [0, 0.1) is 12.8 Å². The van der Waals surface area contributed by atoms with Crippen LogP contribution in [-0.4, -0.2) is 38.4 Å². The molecule has 0 spiro atoms. The standard InChI is InChI=1S/C20H23NO5S2/c1-3-26-20(23)18-16(15-6-4-13(2)5-7-15)11-27-19(18)21-17(22)10-14-8-9-28(24,25)12-14/h4-7,11,14H,3,8-10,12H2,1-2H3,(H,21,22)/t14-/m0/s1. The van der Waals surface area contributed by atoms with Gasteiger partial charge in [-0.15, -0.1) is 11.3 Å². The Morgan fingerprint density at radius 3 is 2.57 bits per heavy atom. The molecule has 1 N–H and O–H groups in total. The highest BCUT2D eigenvalue weighted by Crippen LogP contribution is 2.36. The van der Waals surface area contributed by atoms with Crippen molar-refractivity contribution in [3.63, 3.8) is 0 Å². The first kappa shape index (κ1) is 20.5. The number of rotatable bonds is 6. The van der Waals surface area contributed by atoms with E-state index >= 15 is 0 Å². The number of ether oxygens (including phenoxy) is 1. The Bertz CT molecular complexity index is 977. The Hall–Kier alpha value is -2.19. The predicted octanol–water partition coefficient (Wildman–Crippen LogP) is 3.66. The molecule has 3 rings (SSSR count). The first-order chi connectivity index (χ1) is 13.3. The summed E-state index contributed by atoms with van der Waals surface area (Å²) in [5.41, 5.74) is 3.02. The van der Waals surface area contributed by atoms with Crippen molar-refractivity contribution in [2.24, 2.45) is 5.92 Å². The number of amides is 1. The molecule has 28 heavy (non-hydrogen) atoms. The molecule has 1 saturated heterocycles. The minimum Gasteiger partial charge on any atom is -0.462 e. The Balaban J connectivity index is 1.83. The number of benzene rings is 1. The number of hydrogen-bond donors (Lipinski definition) is 1. The molecule has 1 amide bonds. The van der Waals surface area contributed by atoms with E-state index in [1.807, 2.05) is 36.6 Å². The van der Waals surface area contributed by atoms with Gasteiger partial charge in [-0.05, 0) is 31.7 Å². The fourth-order valence-corrected chi connectivity index (χ4v) is 6.11. The largest absolute Gasteiger partial charge is 0.462 e. The van der Waals surface area contributed by atoms with Gasteiger partial charge in [0.05, 0.1) is 18.1 Å². The van der Waals surface area contributed by atoms with Gasteiger partial charge in [0, 0.05) is 17.4 Å². The molecule has 1 fully saturated rings. The Morgan fingerprint density at radius 2 is 1.96 bits per heavy atom. The second kappa shape index (κ2) is 8.45. The van der Waals surface area contributed by atoms with Crippen LogP contribution in [0.3, 0.4) is 0 Å². The molecule has 1 aliphatic rings. The van der Waals surface area contributed by atoms with Gasteiger partial charge >= 0.3 is 5.97 Å². The van der Waals surface area contributed by atoms with Crippen LogP contribution < -0.4 is 5.32 Å². The van der Waals surface area contributed by atoms with Gasteiger partial charge in [-0.25, -0.2) is 13.2 Å². The molecule has 6 nitrogen and oxygen atoms in total. The van der Waals surface area contributed by atoms with Crippen molar-refractivity contribution >= 4 is 38.1 Å². The fourth-order valence-electron chi connectivity index (χ4n) is 3.27. The Morgan fingerprint density at radius 1 is 1.25 bits per heavy atom. The molecular formula is C20H23NO5S2. The molecule has 1 atom stereocenters. The zero-order valence-corrected chi connectivity index (χ0v) is 17.5. The maximum absolute atomic E-state index is 12.6. The molecule has 0 saturated carbocycles. The summed E-state index contributed by atoms with van der Waals surface area (Å²) in [7, 11) is -3.03. The van der Waals surface area contributed by atoms with Crippen molar-refractivity contribution in [3.05, 3.63) is 40.8 Å². The smallest absolute Gasteiger partial charge is 0.341 e. The van der Waals surface area contributed by atoms with E-state index in [-0.39, 0.29) is 36.4 Å². The number of nitrogens with one attached hydrogen (secondary N) is 1. The van der Waals surface area contributed by atoms with Crippen LogP contribution in [0.2, 0.25) is 0 Å². The van der Waals surface area contributed by atoms with Gasteiger partial charge in [-0.1, -0.05) is 29.8 Å². The van der Waals surface area contributed by atoms with Gasteiger partial charge in [-0.3, -0.25) is 4.79 Å². The molecule has 8 heteroatoms. The summed E-state index contributed by atoms with van der Waals surface area (Å²) in [4.78, 5) is 25.0. The summed E-state index contributed by atoms with van der Waals surface area (Å²) in [6.07, 6.45) is 0.624. The van der Waals surface area contributed by atoms with Gasteiger partial charge in [0.25, 0.3) is 0 Å². The van der Waals surface area contributed by atoms with Crippen LogP contribution in [0.1, 0.15) is 35.7 Å². The number of anilines is 1. The van der Waals surface area contributed by atoms with E-state index in [0.717, 1.165) is 11.1 Å². The van der Waals surface area contributed by atoms with E-state index in [0.29, 0.717) is 22.5 Å². The average molecular weight is 422 g/mol. The summed E-state index contributed by atoms with van der Waals surface area (Å²) >= 11 is 1.26. The second-order valence-corrected chi connectivity index (χ2v) is 10.1. The third-order valence-electron chi connectivity index (χ3n) is 4.69. The van der Waals surface area contributed by atoms with Crippen LogP contribution in [0.5, 0.6) is 0 Å². The maximum Gasteiger partial charge on any atom is 0.341 e. The Labute approximate surface area is 168 Å².